The molecule has 588 valence electrons. The van der Waals surface area contributed by atoms with E-state index in [0.717, 1.165) is 57.8 Å². The third kappa shape index (κ3) is 42.4. The van der Waals surface area contributed by atoms with E-state index in [4.69, 9.17) is 28.4 Å². The van der Waals surface area contributed by atoms with Gasteiger partial charge in [0.1, 0.15) is 73.2 Å². The summed E-state index contributed by atoms with van der Waals surface area (Å²) in [4.78, 5) is 13.4. The van der Waals surface area contributed by atoms with Gasteiger partial charge in [0, 0.05) is 6.42 Å². The van der Waals surface area contributed by atoms with Gasteiger partial charge in [-0.3, -0.25) is 4.79 Å². The lowest BCUT2D eigenvalue weighted by Crippen LogP contribution is -2.66. The molecule has 0 aromatic rings. The van der Waals surface area contributed by atoms with E-state index in [1.807, 2.05) is 6.08 Å². The van der Waals surface area contributed by atoms with Gasteiger partial charge in [-0.2, -0.15) is 0 Å². The van der Waals surface area contributed by atoms with Crippen molar-refractivity contribution in [1.29, 1.82) is 0 Å². The number of carbonyl (C=O) groups is 1. The number of carbonyl (C=O) groups excluding carboxylic acids is 1. The summed E-state index contributed by atoms with van der Waals surface area (Å²) in [5.41, 5.74) is 0. The number of aliphatic hydroxyl groups is 11. The molecule has 0 saturated carbocycles. The van der Waals surface area contributed by atoms with Gasteiger partial charge in [-0.15, -0.1) is 0 Å². The van der Waals surface area contributed by atoms with Crippen molar-refractivity contribution in [1.82, 2.24) is 5.32 Å². The fourth-order valence-electron chi connectivity index (χ4n) is 13.4. The van der Waals surface area contributed by atoms with Crippen molar-refractivity contribution in [3.05, 3.63) is 72.9 Å². The van der Waals surface area contributed by atoms with E-state index in [0.29, 0.717) is 12.8 Å². The summed E-state index contributed by atoms with van der Waals surface area (Å²) < 4.78 is 34.4. The lowest BCUT2D eigenvalue weighted by atomic mass is 9.96. The summed E-state index contributed by atoms with van der Waals surface area (Å²) in [5, 5.41) is 121. The van der Waals surface area contributed by atoms with Gasteiger partial charge in [0.25, 0.3) is 0 Å². The molecule has 3 saturated heterocycles. The van der Waals surface area contributed by atoms with Crippen molar-refractivity contribution < 1.29 is 89.4 Å². The number of hydrogen-bond donors (Lipinski definition) is 12. The van der Waals surface area contributed by atoms with E-state index in [1.165, 1.54) is 218 Å². The zero-order chi connectivity index (χ0) is 73.2. The number of hydrogen-bond acceptors (Lipinski definition) is 18. The van der Waals surface area contributed by atoms with Gasteiger partial charge in [0.15, 0.2) is 18.9 Å². The molecule has 1 amide bonds. The van der Waals surface area contributed by atoms with Crippen LogP contribution in [0.1, 0.15) is 309 Å². The monoisotopic (exact) mass is 1430 g/mol. The Hall–Kier alpha value is -2.77. The number of nitrogens with one attached hydrogen (secondary N) is 1. The second-order valence-corrected chi connectivity index (χ2v) is 28.9. The number of unbranched alkanes of at least 4 members (excludes halogenated alkanes) is 38. The second kappa shape index (κ2) is 62.3. The molecule has 0 aliphatic carbocycles. The molecule has 0 aromatic carbocycles. The fraction of sp³-hybridized carbons (Fsp3) is 0.841. The molecule has 3 heterocycles. The van der Waals surface area contributed by atoms with Crippen LogP contribution in [0.2, 0.25) is 0 Å². The maximum absolute atomic E-state index is 13.4. The van der Waals surface area contributed by atoms with Crippen molar-refractivity contribution in [3.8, 4) is 0 Å². The smallest absolute Gasteiger partial charge is 0.220 e. The number of amides is 1. The van der Waals surface area contributed by atoms with Gasteiger partial charge in [-0.25, -0.2) is 0 Å². The molecular weight excluding hydrogens is 1290 g/mol. The Morgan fingerprint density at radius 2 is 0.663 bits per heavy atom. The average molecular weight is 1440 g/mol. The van der Waals surface area contributed by atoms with Gasteiger partial charge in [-0.1, -0.05) is 292 Å². The van der Waals surface area contributed by atoms with Crippen LogP contribution in [0, 0.1) is 0 Å². The van der Waals surface area contributed by atoms with Gasteiger partial charge in [0.05, 0.1) is 38.6 Å². The van der Waals surface area contributed by atoms with Crippen molar-refractivity contribution in [2.24, 2.45) is 0 Å². The maximum atomic E-state index is 13.4. The molecular formula is C82H147NO18. The number of rotatable bonds is 64. The summed E-state index contributed by atoms with van der Waals surface area (Å²) >= 11 is 0. The molecule has 3 rings (SSSR count). The van der Waals surface area contributed by atoms with Crippen LogP contribution in [0.4, 0.5) is 0 Å². The molecule has 0 spiro atoms. The predicted octanol–water partition coefficient (Wildman–Crippen LogP) is 13.6. The zero-order valence-electron chi connectivity index (χ0n) is 62.9. The fourth-order valence-corrected chi connectivity index (χ4v) is 13.4. The predicted molar refractivity (Wildman–Crippen MR) is 401 cm³/mol. The first-order valence-electron chi connectivity index (χ1n) is 40.7. The highest BCUT2D eigenvalue weighted by Gasteiger charge is 2.54. The van der Waals surface area contributed by atoms with E-state index in [9.17, 15) is 61.0 Å². The SMILES string of the molecule is CCCCCCC/C=C\C/C=C\C/C=C\CCCCCCCCCCCCCCCCCCCCCCCCCCCCC(=O)NC(COC1OC(CO)C(OC2OC(CO)C(OC3OC(CO)C(O)C(O)C3O)C(O)C2O)C(O)C1O)C(O)/C=C/CC/C=C/CC/C=C/CCCCCCC. The normalized spacial score (nSPS) is 26.7. The first kappa shape index (κ1) is 92.4. The molecule has 3 aliphatic rings. The van der Waals surface area contributed by atoms with Crippen LogP contribution in [-0.4, -0.2) is 193 Å². The minimum atomic E-state index is -1.98. The highest BCUT2D eigenvalue weighted by Crippen LogP contribution is 2.33. The van der Waals surface area contributed by atoms with Crippen LogP contribution in [0.25, 0.3) is 0 Å². The van der Waals surface area contributed by atoms with Gasteiger partial charge >= 0.3 is 0 Å². The van der Waals surface area contributed by atoms with Crippen LogP contribution in [0.15, 0.2) is 72.9 Å². The van der Waals surface area contributed by atoms with Crippen molar-refractivity contribution in [2.45, 2.75) is 413 Å². The molecule has 17 unspecified atom stereocenters. The average Bonchev–Trinajstić information content (AvgIpc) is 0.782. The van der Waals surface area contributed by atoms with E-state index < -0.39 is 124 Å². The molecule has 19 nitrogen and oxygen atoms in total. The molecule has 0 radical (unpaired) electrons. The van der Waals surface area contributed by atoms with Crippen LogP contribution < -0.4 is 5.32 Å². The van der Waals surface area contributed by atoms with Crippen molar-refractivity contribution in [2.75, 3.05) is 26.4 Å². The Kier molecular flexibility index (Phi) is 57.0. The van der Waals surface area contributed by atoms with E-state index in [2.05, 4.69) is 79.9 Å². The van der Waals surface area contributed by atoms with Crippen LogP contribution in [0.3, 0.4) is 0 Å². The maximum Gasteiger partial charge on any atom is 0.220 e. The second-order valence-electron chi connectivity index (χ2n) is 28.9. The Morgan fingerprint density at radius 3 is 1.06 bits per heavy atom. The van der Waals surface area contributed by atoms with Crippen LogP contribution >= 0.6 is 0 Å². The zero-order valence-corrected chi connectivity index (χ0v) is 62.9. The standard InChI is InChI=1S/C82H147NO18/c1-3-5-7-9-11-13-15-17-19-20-21-22-23-24-25-26-27-28-29-30-31-32-33-34-35-36-37-38-39-40-41-42-43-44-46-48-50-52-54-56-58-60-70(88)83-65(66(87)59-57-55-53-51-49-47-45-18-16-14-12-10-8-6-4-2)64-96-80-76(94)73(91)78(68(62-85)98-80)101-82-77(95)74(92)79(69(63-86)99-82)100-81-75(93)72(90)71(89)67(61-84)97-81/h15-18,20-21,23-24,49,51,57,59,65-69,71-82,84-87,89-95H,3-14,19,22,25-48,50,52-56,58,60-64H2,1-2H3,(H,83,88)/b17-15-,18-16+,21-20-,24-23-,51-49+,59-57+. The summed E-state index contributed by atoms with van der Waals surface area (Å²) in [6.07, 6.45) is 55.0. The summed E-state index contributed by atoms with van der Waals surface area (Å²) in [5.74, 6) is -0.287. The van der Waals surface area contributed by atoms with E-state index in [1.54, 1.807) is 6.08 Å². The third-order valence-corrected chi connectivity index (χ3v) is 20.0. The minimum Gasteiger partial charge on any atom is -0.394 e. The van der Waals surface area contributed by atoms with Gasteiger partial charge < -0.3 is 89.9 Å². The van der Waals surface area contributed by atoms with E-state index >= 15 is 0 Å². The molecule has 3 fully saturated rings. The molecule has 0 bridgehead atoms. The highest BCUT2D eigenvalue weighted by molar-refractivity contribution is 5.76. The molecule has 19 heteroatoms. The van der Waals surface area contributed by atoms with Crippen LogP contribution in [-0.2, 0) is 33.2 Å². The molecule has 3 aliphatic heterocycles. The Bertz CT molecular complexity index is 2110. The lowest BCUT2D eigenvalue weighted by Gasteiger charge is -2.48. The van der Waals surface area contributed by atoms with Gasteiger partial charge in [-0.05, 0) is 83.5 Å². The summed E-state index contributed by atoms with van der Waals surface area (Å²) in [7, 11) is 0. The first-order chi connectivity index (χ1) is 49.3. The van der Waals surface area contributed by atoms with Crippen molar-refractivity contribution in [3.63, 3.8) is 0 Å². The quantitative estimate of drug-likeness (QED) is 0.0199. The number of allylic oxidation sites excluding steroid dienone is 11. The lowest BCUT2D eigenvalue weighted by molar-refractivity contribution is -0.379. The highest BCUT2D eigenvalue weighted by atomic mass is 16.8. The summed E-state index contributed by atoms with van der Waals surface area (Å²) in [6, 6.07) is -0.997. The Balaban J connectivity index is 1.28. The minimum absolute atomic E-state index is 0.233. The van der Waals surface area contributed by atoms with Gasteiger partial charge in [0.2, 0.25) is 5.91 Å². The topological polar surface area (TPSA) is 307 Å². The van der Waals surface area contributed by atoms with Crippen LogP contribution in [0.5, 0.6) is 0 Å². The number of aliphatic hydroxyl groups excluding tert-OH is 11. The largest absolute Gasteiger partial charge is 0.394 e. The van der Waals surface area contributed by atoms with Crippen molar-refractivity contribution >= 4 is 5.91 Å². The first-order valence-corrected chi connectivity index (χ1v) is 40.7. The molecule has 0 aromatic heterocycles. The van der Waals surface area contributed by atoms with E-state index in [-0.39, 0.29) is 18.9 Å². The summed E-state index contributed by atoms with van der Waals surface area (Å²) in [6.45, 7) is 1.69. The Morgan fingerprint density at radius 1 is 0.356 bits per heavy atom. The Labute approximate surface area is 610 Å². The molecule has 17 atom stereocenters. The molecule has 101 heavy (non-hydrogen) atoms. The third-order valence-electron chi connectivity index (χ3n) is 20.0. The number of ether oxygens (including phenoxy) is 6. The molecule has 12 N–H and O–H groups in total.